The maximum atomic E-state index is 5.52. The quantitative estimate of drug-likeness (QED) is 0.199. The van der Waals surface area contributed by atoms with E-state index >= 15 is 0 Å². The highest BCUT2D eigenvalue weighted by atomic mass is 15.1. The second-order valence-corrected chi connectivity index (χ2v) is 14.3. The molecule has 0 bridgehead atoms. The van der Waals surface area contributed by atoms with E-state index < -0.39 is 0 Å². The van der Waals surface area contributed by atoms with E-state index in [9.17, 15) is 0 Å². The van der Waals surface area contributed by atoms with Crippen LogP contribution < -0.4 is 0 Å². The Morgan fingerprint density at radius 2 is 1.09 bits per heavy atom. The van der Waals surface area contributed by atoms with Gasteiger partial charge in [0.2, 0.25) is 0 Å². The summed E-state index contributed by atoms with van der Waals surface area (Å²) in [4.78, 5) is 14.6. The molecule has 0 fully saturated rings. The highest BCUT2D eigenvalue weighted by Crippen LogP contribution is 2.47. The van der Waals surface area contributed by atoms with Gasteiger partial charge >= 0.3 is 0 Å². The molecular weight excluding hydrogens is 647 g/mol. The number of fused-ring (bicyclic) bond motifs is 15. The van der Waals surface area contributed by atoms with Crippen LogP contribution in [0.5, 0.6) is 0 Å². The van der Waals surface area contributed by atoms with Crippen molar-refractivity contribution in [2.24, 2.45) is 0 Å². The van der Waals surface area contributed by atoms with Gasteiger partial charge in [0.1, 0.15) is 11.0 Å². The minimum absolute atomic E-state index is 0.702. The molecule has 5 nitrogen and oxygen atoms in total. The number of nitrogens with one attached hydrogen (secondary N) is 1. The van der Waals surface area contributed by atoms with Gasteiger partial charge in [-0.2, -0.15) is 0 Å². The number of para-hydroxylation sites is 3. The van der Waals surface area contributed by atoms with E-state index in [0.29, 0.717) is 5.82 Å². The zero-order chi connectivity index (χ0) is 34.4. The summed E-state index contributed by atoms with van der Waals surface area (Å²) in [5.41, 5.74) is 9.82. The van der Waals surface area contributed by atoms with Crippen molar-refractivity contribution >= 4 is 103 Å². The van der Waals surface area contributed by atoms with Crippen LogP contribution in [0.2, 0.25) is 0 Å². The van der Waals surface area contributed by atoms with E-state index in [-0.39, 0.29) is 0 Å². The van der Waals surface area contributed by atoms with Crippen molar-refractivity contribution in [3.63, 3.8) is 0 Å². The monoisotopic (exact) mass is 673 g/mol. The topological polar surface area (TPSA) is 50.9 Å². The molecule has 0 saturated carbocycles. The summed E-state index contributed by atoms with van der Waals surface area (Å²) in [5.74, 6) is 1.54. The number of aromatic amines is 1. The predicted octanol–water partition coefficient (Wildman–Crippen LogP) is 12.3. The number of H-pyrrole nitrogens is 1. The third kappa shape index (κ3) is 3.51. The molecule has 5 heterocycles. The lowest BCUT2D eigenvalue weighted by atomic mass is 10.0. The molecule has 0 aliphatic carbocycles. The molecule has 0 unspecified atom stereocenters. The summed E-state index contributed by atoms with van der Waals surface area (Å²) in [6.07, 6.45) is 0. The Labute approximate surface area is 301 Å². The van der Waals surface area contributed by atoms with E-state index in [0.717, 1.165) is 44.4 Å². The molecule has 0 atom stereocenters. The van der Waals surface area contributed by atoms with Gasteiger partial charge < -0.3 is 9.38 Å². The molecule has 53 heavy (non-hydrogen) atoms. The van der Waals surface area contributed by atoms with E-state index in [4.69, 9.17) is 9.97 Å². The Hall–Kier alpha value is -7.24. The SMILES string of the molecule is c1ccc2cc(-c3nc(-n4c5ccccc5c5c6c7ccccc7n7c8cc9ccccc9cc8c(cc54)c67)c4[nH]c5ccccc5c4n3)ccc2c1. The summed E-state index contributed by atoms with van der Waals surface area (Å²) in [5, 5.41) is 13.4. The normalized spacial score (nSPS) is 12.5. The lowest BCUT2D eigenvalue weighted by molar-refractivity contribution is 1.07. The second kappa shape index (κ2) is 9.75. The molecule has 5 heteroatoms. The number of rotatable bonds is 2. The zero-order valence-corrected chi connectivity index (χ0v) is 28.3. The highest BCUT2D eigenvalue weighted by molar-refractivity contribution is 6.36. The van der Waals surface area contributed by atoms with E-state index in [1.165, 1.54) is 70.4 Å². The van der Waals surface area contributed by atoms with Gasteiger partial charge in [-0.1, -0.05) is 115 Å². The Morgan fingerprint density at radius 1 is 0.434 bits per heavy atom. The largest absolute Gasteiger partial charge is 0.350 e. The Balaban J connectivity index is 1.24. The van der Waals surface area contributed by atoms with Crippen LogP contribution in [0.15, 0.2) is 158 Å². The van der Waals surface area contributed by atoms with Crippen LogP contribution in [0.1, 0.15) is 0 Å². The van der Waals surface area contributed by atoms with Crippen molar-refractivity contribution in [1.82, 2.24) is 23.9 Å². The molecule has 8 aromatic carbocycles. The third-order valence-electron chi connectivity index (χ3n) is 11.5. The first-order valence-electron chi connectivity index (χ1n) is 18.1. The molecule has 0 aliphatic rings. The van der Waals surface area contributed by atoms with Gasteiger partial charge in [-0.3, -0.25) is 4.57 Å². The van der Waals surface area contributed by atoms with Crippen LogP contribution in [0, 0.1) is 0 Å². The number of nitrogens with zero attached hydrogens (tertiary/aromatic N) is 4. The van der Waals surface area contributed by atoms with Gasteiger partial charge in [0, 0.05) is 48.8 Å². The van der Waals surface area contributed by atoms with E-state index in [2.05, 4.69) is 172 Å². The van der Waals surface area contributed by atoms with Gasteiger partial charge in [0.05, 0.1) is 27.6 Å². The first-order chi connectivity index (χ1) is 26.3. The minimum atomic E-state index is 0.702. The predicted molar refractivity (Wildman–Crippen MR) is 221 cm³/mol. The number of hydrogen-bond donors (Lipinski definition) is 1. The van der Waals surface area contributed by atoms with Crippen molar-refractivity contribution in [2.75, 3.05) is 0 Å². The lowest BCUT2D eigenvalue weighted by Gasteiger charge is -2.11. The second-order valence-electron chi connectivity index (χ2n) is 14.3. The van der Waals surface area contributed by atoms with Gasteiger partial charge in [0.25, 0.3) is 0 Å². The maximum absolute atomic E-state index is 5.52. The smallest absolute Gasteiger partial charge is 0.166 e. The molecule has 1 N–H and O–H groups in total. The van der Waals surface area contributed by atoms with Gasteiger partial charge in [-0.15, -0.1) is 0 Å². The molecule has 0 amide bonds. The molecular formula is C48H27N5. The number of hydrogen-bond acceptors (Lipinski definition) is 2. The van der Waals surface area contributed by atoms with Gasteiger partial charge in [-0.05, 0) is 64.0 Å². The number of benzene rings is 8. The summed E-state index contributed by atoms with van der Waals surface area (Å²) in [6.45, 7) is 0. The molecule has 13 aromatic rings. The van der Waals surface area contributed by atoms with E-state index in [1.807, 2.05) is 0 Å². The fourth-order valence-corrected chi connectivity index (χ4v) is 9.24. The Morgan fingerprint density at radius 3 is 1.92 bits per heavy atom. The first-order valence-corrected chi connectivity index (χ1v) is 18.1. The molecule has 0 saturated heterocycles. The molecule has 0 radical (unpaired) electrons. The average Bonchev–Trinajstić information content (AvgIpc) is 3.95. The fourth-order valence-electron chi connectivity index (χ4n) is 9.24. The van der Waals surface area contributed by atoms with Gasteiger partial charge in [-0.25, -0.2) is 9.97 Å². The average molecular weight is 674 g/mol. The fraction of sp³-hybridized carbons (Fsp3) is 0. The Bertz CT molecular complexity index is 3690. The van der Waals surface area contributed by atoms with Crippen LogP contribution in [-0.4, -0.2) is 23.9 Å². The molecule has 13 rings (SSSR count). The first kappa shape index (κ1) is 27.5. The van der Waals surface area contributed by atoms with Crippen molar-refractivity contribution < 1.29 is 0 Å². The molecule has 0 spiro atoms. The maximum Gasteiger partial charge on any atom is 0.166 e. The van der Waals surface area contributed by atoms with Crippen molar-refractivity contribution in [3.05, 3.63) is 158 Å². The van der Waals surface area contributed by atoms with Crippen molar-refractivity contribution in [3.8, 4) is 17.2 Å². The third-order valence-corrected chi connectivity index (χ3v) is 11.5. The van der Waals surface area contributed by atoms with Crippen molar-refractivity contribution in [1.29, 1.82) is 0 Å². The highest BCUT2D eigenvalue weighted by Gasteiger charge is 2.26. The van der Waals surface area contributed by atoms with Crippen molar-refractivity contribution in [2.45, 2.75) is 0 Å². The van der Waals surface area contributed by atoms with Crippen LogP contribution in [0.3, 0.4) is 0 Å². The van der Waals surface area contributed by atoms with Crippen LogP contribution in [0.25, 0.3) is 121 Å². The van der Waals surface area contributed by atoms with Crippen LogP contribution >= 0.6 is 0 Å². The Kier molecular flexibility index (Phi) is 5.06. The molecule has 5 aromatic heterocycles. The van der Waals surface area contributed by atoms with Crippen LogP contribution in [-0.2, 0) is 0 Å². The lowest BCUT2D eigenvalue weighted by Crippen LogP contribution is -2.02. The summed E-state index contributed by atoms with van der Waals surface area (Å²) < 4.78 is 4.88. The van der Waals surface area contributed by atoms with E-state index in [1.54, 1.807) is 0 Å². The molecule has 0 aliphatic heterocycles. The molecule has 244 valence electrons. The summed E-state index contributed by atoms with van der Waals surface area (Å²) >= 11 is 0. The minimum Gasteiger partial charge on any atom is -0.350 e. The van der Waals surface area contributed by atoms with Gasteiger partial charge in [0.15, 0.2) is 11.6 Å². The standard InChI is InChI=1S/C48H27N5/c1-2-12-28-23-31(22-21-27(28)11-1)47-50-44-32-15-5-8-18-37(32)49-45(44)48(51-47)53-39-20-10-6-16-33(39)42-41(53)26-36-35-24-29-13-3-4-14-30(29)25-40(35)52-38-19-9-7-17-34(38)43(42)46(36)52/h1-26,49H. The zero-order valence-electron chi connectivity index (χ0n) is 28.3. The summed E-state index contributed by atoms with van der Waals surface area (Å²) in [7, 11) is 0. The summed E-state index contributed by atoms with van der Waals surface area (Å²) in [6, 6.07) is 57.0. The van der Waals surface area contributed by atoms with Crippen LogP contribution in [0.4, 0.5) is 0 Å². The number of aromatic nitrogens is 5.